The van der Waals surface area contributed by atoms with Gasteiger partial charge in [0.15, 0.2) is 0 Å². The summed E-state index contributed by atoms with van der Waals surface area (Å²) in [6.45, 7) is 0.775. The zero-order valence-corrected chi connectivity index (χ0v) is 11.8. The van der Waals surface area contributed by atoms with Gasteiger partial charge in [-0.05, 0) is 24.6 Å². The van der Waals surface area contributed by atoms with Gasteiger partial charge in [0.1, 0.15) is 6.04 Å². The summed E-state index contributed by atoms with van der Waals surface area (Å²) in [5, 5.41) is 17.5. The number of aryl methyl sites for hydroxylation is 1. The van der Waals surface area contributed by atoms with E-state index in [-0.39, 0.29) is 4.90 Å². The molecule has 0 heterocycles. The van der Waals surface area contributed by atoms with Gasteiger partial charge in [-0.25, -0.2) is 8.42 Å². The van der Waals surface area contributed by atoms with Crippen molar-refractivity contribution in [2.45, 2.75) is 17.9 Å². The first-order valence-electron chi connectivity index (χ1n) is 4.90. The van der Waals surface area contributed by atoms with Crippen LogP contribution in [-0.4, -0.2) is 37.2 Å². The lowest BCUT2D eigenvalue weighted by Gasteiger charge is -2.13. The van der Waals surface area contributed by atoms with Gasteiger partial charge in [-0.1, -0.05) is 22.0 Å². The van der Waals surface area contributed by atoms with Gasteiger partial charge in [0.2, 0.25) is 10.0 Å². The second kappa shape index (κ2) is 5.79. The lowest BCUT2D eigenvalue weighted by molar-refractivity contribution is -0.139. The molecular formula is C10H12BrNO5S. The number of benzene rings is 1. The van der Waals surface area contributed by atoms with Crippen molar-refractivity contribution in [3.63, 3.8) is 0 Å². The van der Waals surface area contributed by atoms with Gasteiger partial charge in [0.05, 0.1) is 11.5 Å². The second-order valence-corrected chi connectivity index (χ2v) is 6.20. The Bertz CT molecular complexity index is 557. The summed E-state index contributed by atoms with van der Waals surface area (Å²) in [6, 6.07) is 3.07. The van der Waals surface area contributed by atoms with Crippen molar-refractivity contribution in [2.24, 2.45) is 0 Å². The van der Waals surface area contributed by atoms with Gasteiger partial charge in [0.25, 0.3) is 0 Å². The average Bonchev–Trinajstić information content (AvgIpc) is 2.28. The monoisotopic (exact) mass is 337 g/mol. The fourth-order valence-corrected chi connectivity index (χ4v) is 3.24. The Morgan fingerprint density at radius 1 is 1.50 bits per heavy atom. The van der Waals surface area contributed by atoms with Crippen LogP contribution in [0.15, 0.2) is 27.6 Å². The highest BCUT2D eigenvalue weighted by molar-refractivity contribution is 9.10. The van der Waals surface area contributed by atoms with E-state index >= 15 is 0 Å². The molecule has 1 aromatic rings. The summed E-state index contributed by atoms with van der Waals surface area (Å²) in [6.07, 6.45) is 0. The first-order chi connectivity index (χ1) is 8.27. The predicted octanol–water partition coefficient (Wildman–Crippen LogP) is 0.481. The van der Waals surface area contributed by atoms with Crippen LogP contribution in [0.4, 0.5) is 0 Å². The Morgan fingerprint density at radius 2 is 2.11 bits per heavy atom. The van der Waals surface area contributed by atoms with Crippen LogP contribution >= 0.6 is 15.9 Å². The maximum atomic E-state index is 12.0. The molecule has 1 rings (SSSR count). The summed E-state index contributed by atoms with van der Waals surface area (Å²) >= 11 is 3.14. The van der Waals surface area contributed by atoms with Crippen molar-refractivity contribution < 1.29 is 23.4 Å². The fraction of sp³-hybridized carbons (Fsp3) is 0.300. The first kappa shape index (κ1) is 15.1. The molecule has 6 nitrogen and oxygen atoms in total. The fourth-order valence-electron chi connectivity index (χ4n) is 1.28. The average molecular weight is 338 g/mol. The molecule has 0 aliphatic rings. The predicted molar refractivity (Wildman–Crippen MR) is 67.7 cm³/mol. The highest BCUT2D eigenvalue weighted by Gasteiger charge is 2.25. The molecule has 0 saturated carbocycles. The number of aliphatic carboxylic acids is 1. The molecular weight excluding hydrogens is 326 g/mol. The lowest BCUT2D eigenvalue weighted by Crippen LogP contribution is -2.43. The number of carboxylic acids is 1. The summed E-state index contributed by atoms with van der Waals surface area (Å²) in [4.78, 5) is 10.7. The van der Waals surface area contributed by atoms with Crippen molar-refractivity contribution in [1.82, 2.24) is 4.72 Å². The Morgan fingerprint density at radius 3 is 2.61 bits per heavy atom. The van der Waals surface area contributed by atoms with E-state index in [1.807, 2.05) is 4.72 Å². The summed E-state index contributed by atoms with van der Waals surface area (Å²) in [5.74, 6) is -1.44. The van der Waals surface area contributed by atoms with E-state index in [9.17, 15) is 13.2 Å². The van der Waals surface area contributed by atoms with Crippen LogP contribution in [0.3, 0.4) is 0 Å². The Labute approximate surface area is 113 Å². The van der Waals surface area contributed by atoms with E-state index in [1.54, 1.807) is 19.1 Å². The van der Waals surface area contributed by atoms with E-state index in [0.29, 0.717) is 10.0 Å². The number of aliphatic hydroxyl groups is 1. The number of hydrogen-bond donors (Lipinski definition) is 3. The highest BCUT2D eigenvalue weighted by atomic mass is 79.9. The zero-order valence-electron chi connectivity index (χ0n) is 9.42. The molecule has 0 amide bonds. The van der Waals surface area contributed by atoms with Gasteiger partial charge >= 0.3 is 5.97 Å². The number of nitrogens with one attached hydrogen (secondary N) is 1. The van der Waals surface area contributed by atoms with Gasteiger partial charge in [-0.15, -0.1) is 0 Å². The van der Waals surface area contributed by atoms with Crippen LogP contribution in [0.2, 0.25) is 0 Å². The number of sulfonamides is 1. The molecule has 0 unspecified atom stereocenters. The largest absolute Gasteiger partial charge is 0.480 e. The molecule has 0 aliphatic heterocycles. The second-order valence-electron chi connectivity index (χ2n) is 3.60. The molecule has 1 atom stereocenters. The molecule has 100 valence electrons. The third-order valence-corrected chi connectivity index (χ3v) is 4.32. The van der Waals surface area contributed by atoms with Gasteiger partial charge < -0.3 is 10.2 Å². The lowest BCUT2D eigenvalue weighted by atomic mass is 10.2. The number of carbonyl (C=O) groups is 1. The van der Waals surface area contributed by atoms with Crippen LogP contribution in [0, 0.1) is 6.92 Å². The highest BCUT2D eigenvalue weighted by Crippen LogP contribution is 2.20. The summed E-state index contributed by atoms with van der Waals surface area (Å²) in [5.41, 5.74) is 0.479. The maximum absolute atomic E-state index is 12.0. The molecule has 3 N–H and O–H groups in total. The number of hydrogen-bond acceptors (Lipinski definition) is 4. The Hall–Kier alpha value is -0.960. The van der Waals surface area contributed by atoms with Crippen molar-refractivity contribution in [1.29, 1.82) is 0 Å². The Kier molecular flexibility index (Phi) is 4.85. The molecule has 1 aromatic carbocycles. The molecule has 0 aliphatic carbocycles. The van der Waals surface area contributed by atoms with E-state index in [4.69, 9.17) is 10.2 Å². The quantitative estimate of drug-likeness (QED) is 0.725. The minimum atomic E-state index is -3.99. The van der Waals surface area contributed by atoms with E-state index in [0.717, 1.165) is 0 Å². The first-order valence-corrected chi connectivity index (χ1v) is 7.17. The summed E-state index contributed by atoms with van der Waals surface area (Å²) < 4.78 is 26.4. The van der Waals surface area contributed by atoms with Crippen molar-refractivity contribution in [2.75, 3.05) is 6.61 Å². The molecule has 0 bridgehead atoms. The van der Waals surface area contributed by atoms with Gasteiger partial charge in [0, 0.05) is 4.47 Å². The van der Waals surface area contributed by atoms with Crippen LogP contribution in [0.5, 0.6) is 0 Å². The van der Waals surface area contributed by atoms with E-state index in [2.05, 4.69) is 15.9 Å². The van der Waals surface area contributed by atoms with Crippen LogP contribution < -0.4 is 4.72 Å². The van der Waals surface area contributed by atoms with Crippen LogP contribution in [0.25, 0.3) is 0 Å². The summed E-state index contributed by atoms with van der Waals surface area (Å²) in [7, 11) is -3.99. The number of carboxylic acid groups (broad SMARTS) is 1. The molecule has 0 saturated heterocycles. The normalized spacial score (nSPS) is 13.3. The molecule has 8 heteroatoms. The zero-order chi connectivity index (χ0) is 13.9. The third-order valence-electron chi connectivity index (χ3n) is 2.22. The SMILES string of the molecule is Cc1ccc(Br)cc1S(=O)(=O)N[C@@H](CO)C(=O)O. The van der Waals surface area contributed by atoms with Gasteiger partial charge in [-0.3, -0.25) is 4.79 Å². The number of halogens is 1. The van der Waals surface area contributed by atoms with E-state index < -0.39 is 28.6 Å². The molecule has 0 radical (unpaired) electrons. The standard InChI is InChI=1S/C10H12BrNO5S/c1-6-2-3-7(11)4-9(6)18(16,17)12-8(5-13)10(14)15/h2-4,8,12-13H,5H2,1H3,(H,14,15)/t8-/m0/s1. The van der Waals surface area contributed by atoms with Crippen LogP contribution in [0.1, 0.15) is 5.56 Å². The third kappa shape index (κ3) is 3.52. The van der Waals surface area contributed by atoms with Crippen LogP contribution in [-0.2, 0) is 14.8 Å². The molecule has 0 spiro atoms. The molecule has 0 fully saturated rings. The maximum Gasteiger partial charge on any atom is 0.324 e. The minimum Gasteiger partial charge on any atom is -0.480 e. The Balaban J connectivity index is 3.14. The van der Waals surface area contributed by atoms with Crippen molar-refractivity contribution in [3.05, 3.63) is 28.2 Å². The molecule has 0 aromatic heterocycles. The van der Waals surface area contributed by atoms with Crippen molar-refractivity contribution >= 4 is 31.9 Å². The smallest absolute Gasteiger partial charge is 0.324 e. The van der Waals surface area contributed by atoms with Crippen molar-refractivity contribution in [3.8, 4) is 0 Å². The van der Waals surface area contributed by atoms with Gasteiger partial charge in [-0.2, -0.15) is 4.72 Å². The topological polar surface area (TPSA) is 104 Å². The molecule has 18 heavy (non-hydrogen) atoms. The minimum absolute atomic E-state index is 0.0309. The number of rotatable bonds is 5. The number of aliphatic hydroxyl groups excluding tert-OH is 1. The van der Waals surface area contributed by atoms with E-state index in [1.165, 1.54) is 6.07 Å².